The smallest absolute Gasteiger partial charge is 0.0327 e. The summed E-state index contributed by atoms with van der Waals surface area (Å²) >= 11 is 0. The van der Waals surface area contributed by atoms with E-state index in [4.69, 9.17) is 0 Å². The summed E-state index contributed by atoms with van der Waals surface area (Å²) in [7, 11) is 6.49. The third-order valence-electron chi connectivity index (χ3n) is 3.66. The highest BCUT2D eigenvalue weighted by Gasteiger charge is 2.35. The molecule has 0 aromatic rings. The molecule has 0 aromatic carbocycles. The Morgan fingerprint density at radius 2 is 1.85 bits per heavy atom. The van der Waals surface area contributed by atoms with Gasteiger partial charge in [-0.15, -0.1) is 0 Å². The molecule has 0 heterocycles. The third-order valence-corrected chi connectivity index (χ3v) is 3.66. The van der Waals surface area contributed by atoms with E-state index in [1.165, 1.54) is 25.7 Å². The van der Waals surface area contributed by atoms with Gasteiger partial charge in [-0.2, -0.15) is 0 Å². The molecule has 13 heavy (non-hydrogen) atoms. The summed E-state index contributed by atoms with van der Waals surface area (Å²) in [5, 5.41) is 3.33. The van der Waals surface area contributed by atoms with Gasteiger partial charge in [-0.25, -0.2) is 0 Å². The summed E-state index contributed by atoms with van der Waals surface area (Å²) in [5.74, 6) is 0.935. The Morgan fingerprint density at radius 1 is 1.31 bits per heavy atom. The Bertz CT molecular complexity index is 146. The zero-order chi connectivity index (χ0) is 9.90. The normalized spacial score (nSPS) is 35.3. The van der Waals surface area contributed by atoms with E-state index in [1.807, 2.05) is 0 Å². The molecular weight excluding hydrogens is 160 g/mol. The molecule has 1 fully saturated rings. The van der Waals surface area contributed by atoms with E-state index in [0.29, 0.717) is 5.54 Å². The van der Waals surface area contributed by atoms with E-state index in [9.17, 15) is 0 Å². The van der Waals surface area contributed by atoms with Crippen LogP contribution in [0.25, 0.3) is 0 Å². The van der Waals surface area contributed by atoms with Crippen LogP contribution in [0.1, 0.15) is 32.6 Å². The molecule has 1 aliphatic rings. The molecule has 0 unspecified atom stereocenters. The van der Waals surface area contributed by atoms with E-state index in [-0.39, 0.29) is 0 Å². The lowest BCUT2D eigenvalue weighted by atomic mass is 9.76. The van der Waals surface area contributed by atoms with E-state index >= 15 is 0 Å². The molecular formula is C11H24N2. The van der Waals surface area contributed by atoms with Crippen molar-refractivity contribution in [3.63, 3.8) is 0 Å². The quantitative estimate of drug-likeness (QED) is 0.718. The van der Waals surface area contributed by atoms with Crippen LogP contribution in [0.5, 0.6) is 0 Å². The SMILES string of the molecule is CNCC1(N(C)C)CCC(C)CC1. The fourth-order valence-electron chi connectivity index (χ4n) is 2.41. The van der Waals surface area contributed by atoms with E-state index in [2.05, 4.69) is 38.3 Å². The van der Waals surface area contributed by atoms with Crippen LogP contribution in [0, 0.1) is 5.92 Å². The van der Waals surface area contributed by atoms with Crippen molar-refractivity contribution < 1.29 is 0 Å². The number of hydrogen-bond acceptors (Lipinski definition) is 2. The number of likely N-dealkylation sites (N-methyl/N-ethyl adjacent to an activating group) is 2. The molecule has 78 valence electrons. The minimum Gasteiger partial charge on any atom is -0.318 e. The molecule has 2 nitrogen and oxygen atoms in total. The first-order valence-corrected chi connectivity index (χ1v) is 5.43. The third kappa shape index (κ3) is 2.44. The van der Waals surface area contributed by atoms with Gasteiger partial charge in [0.1, 0.15) is 0 Å². The first-order chi connectivity index (χ1) is 6.10. The molecule has 1 rings (SSSR count). The highest BCUT2D eigenvalue weighted by molar-refractivity contribution is 4.93. The van der Waals surface area contributed by atoms with Crippen LogP contribution < -0.4 is 5.32 Å². The summed E-state index contributed by atoms with van der Waals surface area (Å²) in [5.41, 5.74) is 0.432. The Balaban J connectivity index is 2.58. The number of nitrogens with zero attached hydrogens (tertiary/aromatic N) is 1. The lowest BCUT2D eigenvalue weighted by Gasteiger charge is -2.44. The molecule has 2 heteroatoms. The maximum atomic E-state index is 3.33. The molecule has 0 aromatic heterocycles. The topological polar surface area (TPSA) is 15.3 Å². The van der Waals surface area contributed by atoms with Crippen molar-refractivity contribution in [1.29, 1.82) is 0 Å². The van der Waals surface area contributed by atoms with Crippen molar-refractivity contribution in [2.45, 2.75) is 38.1 Å². The molecule has 0 aliphatic heterocycles. The molecule has 1 saturated carbocycles. The monoisotopic (exact) mass is 184 g/mol. The van der Waals surface area contributed by atoms with Crippen LogP contribution in [-0.4, -0.2) is 38.1 Å². The Labute approximate surface area is 82.7 Å². The van der Waals surface area contributed by atoms with Crippen molar-refractivity contribution in [1.82, 2.24) is 10.2 Å². The summed E-state index contributed by atoms with van der Waals surface area (Å²) in [4.78, 5) is 2.41. The van der Waals surface area contributed by atoms with Crippen molar-refractivity contribution in [3.8, 4) is 0 Å². The molecule has 0 amide bonds. The highest BCUT2D eigenvalue weighted by Crippen LogP contribution is 2.34. The van der Waals surface area contributed by atoms with Gasteiger partial charge in [0.2, 0.25) is 0 Å². The van der Waals surface area contributed by atoms with Gasteiger partial charge < -0.3 is 10.2 Å². The molecule has 0 saturated heterocycles. The molecule has 0 spiro atoms. The van der Waals surface area contributed by atoms with Crippen molar-refractivity contribution in [2.24, 2.45) is 5.92 Å². The average molecular weight is 184 g/mol. The first-order valence-electron chi connectivity index (χ1n) is 5.43. The number of hydrogen-bond donors (Lipinski definition) is 1. The maximum Gasteiger partial charge on any atom is 0.0327 e. The van der Waals surface area contributed by atoms with Gasteiger partial charge in [0, 0.05) is 12.1 Å². The van der Waals surface area contributed by atoms with Gasteiger partial charge in [-0.3, -0.25) is 0 Å². The van der Waals surface area contributed by atoms with Crippen molar-refractivity contribution >= 4 is 0 Å². The number of nitrogens with one attached hydrogen (secondary N) is 1. The summed E-state index contributed by atoms with van der Waals surface area (Å²) in [6.45, 7) is 3.51. The second-order valence-corrected chi connectivity index (χ2v) is 4.83. The molecule has 0 atom stereocenters. The predicted octanol–water partition coefficient (Wildman–Crippen LogP) is 1.72. The zero-order valence-electron chi connectivity index (χ0n) is 9.56. The van der Waals surface area contributed by atoms with Crippen molar-refractivity contribution in [3.05, 3.63) is 0 Å². The van der Waals surface area contributed by atoms with Gasteiger partial charge >= 0.3 is 0 Å². The van der Waals surface area contributed by atoms with Crippen molar-refractivity contribution in [2.75, 3.05) is 27.7 Å². The second kappa shape index (κ2) is 4.43. The van der Waals surface area contributed by atoms with Crippen LogP contribution in [0.3, 0.4) is 0 Å². The summed E-state index contributed by atoms with van der Waals surface area (Å²) < 4.78 is 0. The summed E-state index contributed by atoms with van der Waals surface area (Å²) in [6.07, 6.45) is 5.48. The summed E-state index contributed by atoms with van der Waals surface area (Å²) in [6, 6.07) is 0. The van der Waals surface area contributed by atoms with E-state index in [0.717, 1.165) is 12.5 Å². The largest absolute Gasteiger partial charge is 0.318 e. The first kappa shape index (κ1) is 11.0. The Morgan fingerprint density at radius 3 is 2.23 bits per heavy atom. The minimum absolute atomic E-state index is 0.432. The van der Waals surface area contributed by atoms with E-state index in [1.54, 1.807) is 0 Å². The van der Waals surface area contributed by atoms with Gasteiger partial charge in [0.05, 0.1) is 0 Å². The minimum atomic E-state index is 0.432. The predicted molar refractivity (Wildman–Crippen MR) is 58.0 cm³/mol. The van der Waals surface area contributed by atoms with Crippen LogP contribution in [-0.2, 0) is 0 Å². The van der Waals surface area contributed by atoms with Gasteiger partial charge in [0.15, 0.2) is 0 Å². The lowest BCUT2D eigenvalue weighted by Crippen LogP contribution is -2.52. The van der Waals surface area contributed by atoms with Gasteiger partial charge in [-0.05, 0) is 52.7 Å². The molecule has 1 aliphatic carbocycles. The molecule has 0 radical (unpaired) electrons. The van der Waals surface area contributed by atoms with E-state index < -0.39 is 0 Å². The van der Waals surface area contributed by atoms with Crippen LogP contribution >= 0.6 is 0 Å². The molecule has 1 N–H and O–H groups in total. The maximum absolute atomic E-state index is 3.33. The average Bonchev–Trinajstić information content (AvgIpc) is 2.09. The Kier molecular flexibility index (Phi) is 3.74. The van der Waals surface area contributed by atoms with Crippen LogP contribution in [0.2, 0.25) is 0 Å². The fourth-order valence-corrected chi connectivity index (χ4v) is 2.41. The Hall–Kier alpha value is -0.0800. The lowest BCUT2D eigenvalue weighted by molar-refractivity contribution is 0.0840. The highest BCUT2D eigenvalue weighted by atomic mass is 15.2. The van der Waals surface area contributed by atoms with Crippen LogP contribution in [0.4, 0.5) is 0 Å². The van der Waals surface area contributed by atoms with Crippen LogP contribution in [0.15, 0.2) is 0 Å². The fraction of sp³-hybridized carbons (Fsp3) is 1.00. The second-order valence-electron chi connectivity index (χ2n) is 4.83. The van der Waals surface area contributed by atoms with Gasteiger partial charge in [-0.1, -0.05) is 6.92 Å². The standard InChI is InChI=1S/C11H24N2/c1-10-5-7-11(8-6-10,9-12-2)13(3)4/h10,12H,5-9H2,1-4H3. The van der Waals surface area contributed by atoms with Gasteiger partial charge in [0.25, 0.3) is 0 Å². The number of rotatable bonds is 3. The zero-order valence-corrected chi connectivity index (χ0v) is 9.56. The molecule has 0 bridgehead atoms.